The summed E-state index contributed by atoms with van der Waals surface area (Å²) >= 11 is 1.06. The van der Waals surface area contributed by atoms with Crippen molar-refractivity contribution in [2.45, 2.75) is 38.3 Å². The second kappa shape index (κ2) is 5.77. The first-order valence-electron chi connectivity index (χ1n) is 7.44. The molecule has 2 saturated heterocycles. The van der Waals surface area contributed by atoms with Gasteiger partial charge in [0.15, 0.2) is 0 Å². The molecule has 1 amide bonds. The third-order valence-electron chi connectivity index (χ3n) is 4.50. The van der Waals surface area contributed by atoms with Crippen molar-refractivity contribution in [2.75, 3.05) is 19.6 Å². The highest BCUT2D eigenvalue weighted by Gasteiger charge is 2.38. The maximum absolute atomic E-state index is 12.3. The molecule has 1 N–H and O–H groups in total. The molecule has 0 bridgehead atoms. The lowest BCUT2D eigenvalue weighted by molar-refractivity contribution is 0.00240. The standard InChI is InChI=1S/C15H20N2O3S/c1-10-4-2-3-7-17(10)11-8-16(9-11)14(18)12-5-6-13(21-12)15(19)20/h5-6,10-11H,2-4,7-9H2,1H3,(H,19,20)/t10-/m0/s1. The minimum absolute atomic E-state index is 0.0339. The summed E-state index contributed by atoms with van der Waals surface area (Å²) < 4.78 is 0. The van der Waals surface area contributed by atoms with Gasteiger partial charge in [0.1, 0.15) is 4.88 Å². The Balaban J connectivity index is 1.57. The highest BCUT2D eigenvalue weighted by atomic mass is 32.1. The Bertz CT molecular complexity index is 551. The normalized spacial score (nSPS) is 23.9. The molecule has 0 saturated carbocycles. The summed E-state index contributed by atoms with van der Waals surface area (Å²) in [6.07, 6.45) is 3.80. The van der Waals surface area contributed by atoms with Gasteiger partial charge in [-0.2, -0.15) is 0 Å². The molecule has 1 aromatic rings. The first kappa shape index (κ1) is 14.5. The number of nitrogens with zero attached hydrogens (tertiary/aromatic N) is 2. The Morgan fingerprint density at radius 1 is 1.24 bits per heavy atom. The molecule has 0 radical (unpaired) electrons. The van der Waals surface area contributed by atoms with E-state index in [1.807, 2.05) is 4.90 Å². The van der Waals surface area contributed by atoms with Crippen LogP contribution in [-0.2, 0) is 0 Å². The number of carboxylic acids is 1. The fourth-order valence-corrected chi connectivity index (χ4v) is 4.03. The van der Waals surface area contributed by atoms with Crippen LogP contribution in [0.5, 0.6) is 0 Å². The summed E-state index contributed by atoms with van der Waals surface area (Å²) in [5.74, 6) is -1.00. The number of carbonyl (C=O) groups is 2. The maximum Gasteiger partial charge on any atom is 0.345 e. The quantitative estimate of drug-likeness (QED) is 0.929. The monoisotopic (exact) mass is 308 g/mol. The average molecular weight is 308 g/mol. The third kappa shape index (κ3) is 2.82. The van der Waals surface area contributed by atoms with Crippen LogP contribution in [0.4, 0.5) is 0 Å². The number of aromatic carboxylic acids is 1. The van der Waals surface area contributed by atoms with Crippen molar-refractivity contribution >= 4 is 23.2 Å². The van der Waals surface area contributed by atoms with Crippen molar-refractivity contribution in [3.8, 4) is 0 Å². The Labute approximate surface area is 128 Å². The predicted octanol–water partition coefficient (Wildman–Crippen LogP) is 2.15. The van der Waals surface area contributed by atoms with Crippen LogP contribution in [0.15, 0.2) is 12.1 Å². The van der Waals surface area contributed by atoms with E-state index in [0.29, 0.717) is 17.0 Å². The molecule has 6 heteroatoms. The number of likely N-dealkylation sites (tertiary alicyclic amines) is 2. The molecule has 21 heavy (non-hydrogen) atoms. The Morgan fingerprint density at radius 3 is 2.57 bits per heavy atom. The van der Waals surface area contributed by atoms with E-state index < -0.39 is 5.97 Å². The SMILES string of the molecule is C[C@H]1CCCCN1C1CN(C(=O)c2ccc(C(=O)O)s2)C1. The van der Waals surface area contributed by atoms with Gasteiger partial charge in [-0.25, -0.2) is 4.79 Å². The molecular weight excluding hydrogens is 288 g/mol. The second-order valence-corrected chi connectivity index (χ2v) is 7.00. The number of piperidine rings is 1. The second-order valence-electron chi connectivity index (χ2n) is 5.92. The number of thiophene rings is 1. The number of hydrogen-bond donors (Lipinski definition) is 1. The van der Waals surface area contributed by atoms with Gasteiger partial charge in [-0.1, -0.05) is 6.42 Å². The van der Waals surface area contributed by atoms with Gasteiger partial charge < -0.3 is 10.0 Å². The van der Waals surface area contributed by atoms with Crippen molar-refractivity contribution in [1.82, 2.24) is 9.80 Å². The molecular formula is C15H20N2O3S. The minimum atomic E-state index is -0.970. The number of carbonyl (C=O) groups excluding carboxylic acids is 1. The molecule has 0 aliphatic carbocycles. The lowest BCUT2D eigenvalue weighted by atomic mass is 9.97. The zero-order chi connectivity index (χ0) is 15.0. The van der Waals surface area contributed by atoms with E-state index in [9.17, 15) is 9.59 Å². The molecule has 1 aromatic heterocycles. The minimum Gasteiger partial charge on any atom is -0.477 e. The number of hydrogen-bond acceptors (Lipinski definition) is 4. The molecule has 2 aliphatic rings. The van der Waals surface area contributed by atoms with Crippen LogP contribution in [0.3, 0.4) is 0 Å². The van der Waals surface area contributed by atoms with E-state index in [4.69, 9.17) is 5.11 Å². The fourth-order valence-electron chi connectivity index (χ4n) is 3.22. The van der Waals surface area contributed by atoms with E-state index in [1.165, 1.54) is 25.3 Å². The number of carboxylic acid groups (broad SMARTS) is 1. The van der Waals surface area contributed by atoms with Crippen molar-refractivity contribution in [1.29, 1.82) is 0 Å². The molecule has 0 aromatic carbocycles. The van der Waals surface area contributed by atoms with Gasteiger partial charge in [-0.15, -0.1) is 11.3 Å². The summed E-state index contributed by atoms with van der Waals surface area (Å²) in [4.78, 5) is 28.3. The first-order valence-corrected chi connectivity index (χ1v) is 8.26. The van der Waals surface area contributed by atoms with Gasteiger partial charge in [0.2, 0.25) is 0 Å². The number of rotatable bonds is 3. The van der Waals surface area contributed by atoms with Crippen molar-refractivity contribution < 1.29 is 14.7 Å². The van der Waals surface area contributed by atoms with Crippen molar-refractivity contribution in [3.63, 3.8) is 0 Å². The van der Waals surface area contributed by atoms with Crippen LogP contribution >= 0.6 is 11.3 Å². The Kier molecular flexibility index (Phi) is 3.99. The van der Waals surface area contributed by atoms with Crippen molar-refractivity contribution in [3.05, 3.63) is 21.9 Å². The molecule has 114 valence electrons. The summed E-state index contributed by atoms with van der Waals surface area (Å²) in [6.45, 7) is 4.94. The molecule has 5 nitrogen and oxygen atoms in total. The van der Waals surface area contributed by atoms with Gasteiger partial charge in [0, 0.05) is 25.2 Å². The smallest absolute Gasteiger partial charge is 0.345 e. The largest absolute Gasteiger partial charge is 0.477 e. The predicted molar refractivity (Wildman–Crippen MR) is 81.0 cm³/mol. The van der Waals surface area contributed by atoms with Crippen LogP contribution in [0, 0.1) is 0 Å². The average Bonchev–Trinajstić information content (AvgIpc) is 2.89. The summed E-state index contributed by atoms with van der Waals surface area (Å²) in [7, 11) is 0. The van der Waals surface area contributed by atoms with Crippen LogP contribution < -0.4 is 0 Å². The summed E-state index contributed by atoms with van der Waals surface area (Å²) in [5.41, 5.74) is 0. The molecule has 3 rings (SSSR count). The summed E-state index contributed by atoms with van der Waals surface area (Å²) in [6, 6.07) is 4.21. The highest BCUT2D eigenvalue weighted by Crippen LogP contribution is 2.27. The van der Waals surface area contributed by atoms with Gasteiger partial charge in [0.05, 0.1) is 4.88 Å². The lowest BCUT2D eigenvalue weighted by Gasteiger charge is -2.49. The molecule has 2 fully saturated rings. The van der Waals surface area contributed by atoms with Crippen LogP contribution in [-0.4, -0.2) is 58.5 Å². The van der Waals surface area contributed by atoms with E-state index >= 15 is 0 Å². The van der Waals surface area contributed by atoms with Gasteiger partial charge in [-0.05, 0) is 38.4 Å². The Morgan fingerprint density at radius 2 is 1.95 bits per heavy atom. The van der Waals surface area contributed by atoms with Gasteiger partial charge >= 0.3 is 5.97 Å². The van der Waals surface area contributed by atoms with Gasteiger partial charge in [0.25, 0.3) is 5.91 Å². The fraction of sp³-hybridized carbons (Fsp3) is 0.600. The zero-order valence-corrected chi connectivity index (χ0v) is 12.9. The van der Waals surface area contributed by atoms with Crippen LogP contribution in [0.2, 0.25) is 0 Å². The third-order valence-corrected chi connectivity index (χ3v) is 5.56. The molecule has 0 unspecified atom stereocenters. The van der Waals surface area contributed by atoms with E-state index in [0.717, 1.165) is 31.0 Å². The maximum atomic E-state index is 12.3. The molecule has 0 spiro atoms. The Hall–Kier alpha value is -1.40. The van der Waals surface area contributed by atoms with Crippen LogP contribution in [0.25, 0.3) is 0 Å². The van der Waals surface area contributed by atoms with Gasteiger partial charge in [-0.3, -0.25) is 9.69 Å². The van der Waals surface area contributed by atoms with E-state index in [2.05, 4.69) is 11.8 Å². The topological polar surface area (TPSA) is 60.9 Å². The molecule has 2 aliphatic heterocycles. The molecule has 3 heterocycles. The highest BCUT2D eigenvalue weighted by molar-refractivity contribution is 7.15. The lowest BCUT2D eigenvalue weighted by Crippen LogP contribution is -2.63. The van der Waals surface area contributed by atoms with E-state index in [-0.39, 0.29) is 10.8 Å². The molecule has 1 atom stereocenters. The van der Waals surface area contributed by atoms with E-state index in [1.54, 1.807) is 6.07 Å². The van der Waals surface area contributed by atoms with Crippen LogP contribution in [0.1, 0.15) is 45.5 Å². The summed E-state index contributed by atoms with van der Waals surface area (Å²) in [5, 5.41) is 8.91. The van der Waals surface area contributed by atoms with Crippen molar-refractivity contribution in [2.24, 2.45) is 0 Å². The zero-order valence-electron chi connectivity index (χ0n) is 12.1. The number of amides is 1. The first-order chi connectivity index (χ1) is 10.1.